The number of rotatable bonds is 4. The molecule has 8 nitrogen and oxygen atoms in total. The first kappa shape index (κ1) is 23.1. The van der Waals surface area contributed by atoms with Gasteiger partial charge in [0.2, 0.25) is 0 Å². The molecule has 2 aromatic heterocycles. The molecule has 2 heterocycles. The number of nitrogens with zero attached hydrogens (tertiary/aromatic N) is 2. The van der Waals surface area contributed by atoms with Crippen LogP contribution in [-0.2, 0) is 14.6 Å². The molecule has 186 valence electrons. The van der Waals surface area contributed by atoms with Gasteiger partial charge in [0.05, 0.1) is 4.90 Å². The Morgan fingerprint density at radius 2 is 1.41 bits per heavy atom. The molecule has 2 atom stereocenters. The van der Waals surface area contributed by atoms with Crippen molar-refractivity contribution in [2.24, 2.45) is 10.3 Å². The van der Waals surface area contributed by atoms with Crippen LogP contribution < -0.4 is 0 Å². The van der Waals surface area contributed by atoms with Gasteiger partial charge >= 0.3 is 0 Å². The van der Waals surface area contributed by atoms with E-state index in [1.807, 2.05) is 54.6 Å². The summed E-state index contributed by atoms with van der Waals surface area (Å²) in [5, 5.41) is 29.0. The summed E-state index contributed by atoms with van der Waals surface area (Å²) in [6.07, 6.45) is 0.550. The monoisotopic (exact) mass is 512 g/mol. The molecule has 1 aliphatic carbocycles. The summed E-state index contributed by atoms with van der Waals surface area (Å²) in [6, 6.07) is 27.0. The average molecular weight is 513 g/mol. The summed E-state index contributed by atoms with van der Waals surface area (Å²) in [6.45, 7) is 0. The first-order valence-corrected chi connectivity index (χ1v) is 13.4. The van der Waals surface area contributed by atoms with E-state index >= 15 is 0 Å². The van der Waals surface area contributed by atoms with Gasteiger partial charge in [0, 0.05) is 28.3 Å². The van der Waals surface area contributed by atoms with Crippen molar-refractivity contribution >= 4 is 43.1 Å². The third kappa shape index (κ3) is 3.31. The van der Waals surface area contributed by atoms with Gasteiger partial charge in [-0.3, -0.25) is 0 Å². The van der Waals surface area contributed by atoms with Crippen LogP contribution in [-0.4, -0.2) is 40.2 Å². The molecule has 1 saturated carbocycles. The van der Waals surface area contributed by atoms with Crippen molar-refractivity contribution in [1.82, 2.24) is 9.97 Å². The first-order chi connectivity index (χ1) is 18.0. The highest BCUT2D eigenvalue weighted by Gasteiger charge is 2.61. The Balaban J connectivity index is 1.75. The lowest BCUT2D eigenvalue weighted by Gasteiger charge is -2.42. The minimum atomic E-state index is -4.30. The van der Waals surface area contributed by atoms with E-state index in [-0.39, 0.29) is 22.7 Å². The highest BCUT2D eigenvalue weighted by molar-refractivity contribution is 7.93. The maximum absolute atomic E-state index is 14.9. The maximum Gasteiger partial charge on any atom is 0.196 e. The van der Waals surface area contributed by atoms with E-state index in [0.717, 1.165) is 21.8 Å². The molecule has 0 radical (unpaired) electrons. The molecule has 3 aromatic carbocycles. The number of aromatic nitrogens is 2. The summed E-state index contributed by atoms with van der Waals surface area (Å²) in [5.41, 5.74) is 2.42. The van der Waals surface area contributed by atoms with Gasteiger partial charge in [0.1, 0.15) is 11.4 Å². The summed E-state index contributed by atoms with van der Waals surface area (Å²) >= 11 is 0. The van der Waals surface area contributed by atoms with Gasteiger partial charge in [0.15, 0.2) is 14.6 Å². The van der Waals surface area contributed by atoms with E-state index in [4.69, 9.17) is 0 Å². The number of nitrogens with one attached hydrogen (secondary N) is 2. The second kappa shape index (κ2) is 8.63. The van der Waals surface area contributed by atoms with Crippen LogP contribution in [0, 0.1) is 0 Å². The second-order valence-electron chi connectivity index (χ2n) is 9.22. The molecule has 2 unspecified atom stereocenters. The first-order valence-electron chi connectivity index (χ1n) is 11.9. The van der Waals surface area contributed by atoms with Crippen LogP contribution in [0.2, 0.25) is 0 Å². The Morgan fingerprint density at radius 1 is 0.784 bits per heavy atom. The van der Waals surface area contributed by atoms with Crippen LogP contribution >= 0.6 is 0 Å². The largest absolute Gasteiger partial charge is 0.411 e. The van der Waals surface area contributed by atoms with Crippen molar-refractivity contribution in [1.29, 1.82) is 0 Å². The Morgan fingerprint density at radius 3 is 2.03 bits per heavy atom. The lowest BCUT2D eigenvalue weighted by atomic mass is 9.72. The summed E-state index contributed by atoms with van der Waals surface area (Å²) in [7, 11) is -4.30. The lowest BCUT2D eigenvalue weighted by Crippen LogP contribution is -2.54. The highest BCUT2D eigenvalue weighted by atomic mass is 32.2. The van der Waals surface area contributed by atoms with Crippen molar-refractivity contribution in [3.8, 4) is 0 Å². The topological polar surface area (TPSA) is 131 Å². The van der Waals surface area contributed by atoms with Gasteiger partial charge in [0.25, 0.3) is 0 Å². The number of fused-ring (bicyclic) bond motifs is 2. The van der Waals surface area contributed by atoms with Gasteiger partial charge in [-0.25, -0.2) is 8.42 Å². The molecule has 1 fully saturated rings. The number of para-hydroxylation sites is 2. The number of sulfone groups is 1. The fourth-order valence-electron chi connectivity index (χ4n) is 5.70. The van der Waals surface area contributed by atoms with Crippen molar-refractivity contribution in [3.05, 3.63) is 102 Å². The molecule has 0 amide bonds. The second-order valence-corrected chi connectivity index (χ2v) is 11.3. The zero-order chi connectivity index (χ0) is 25.6. The minimum absolute atomic E-state index is 0.0213. The quantitative estimate of drug-likeness (QED) is 0.186. The molecule has 6 rings (SSSR count). The number of hydrogen-bond acceptors (Lipinski definition) is 6. The van der Waals surface area contributed by atoms with Crippen LogP contribution in [0.4, 0.5) is 0 Å². The SMILES string of the molecule is O=S(=O)(c1ccccc1)C1(c2cc3ccccc3[nH]2)C(=NO)C(=NO)CCC1c1cc2ccccc2[nH]1. The van der Waals surface area contributed by atoms with Crippen LogP contribution in [0.15, 0.2) is 106 Å². The van der Waals surface area contributed by atoms with Crippen molar-refractivity contribution < 1.29 is 18.8 Å². The number of hydrogen-bond donors (Lipinski definition) is 4. The molecule has 9 heteroatoms. The van der Waals surface area contributed by atoms with Gasteiger partial charge in [-0.1, -0.05) is 64.9 Å². The maximum atomic E-state index is 14.9. The van der Waals surface area contributed by atoms with E-state index in [0.29, 0.717) is 17.8 Å². The molecule has 0 bridgehead atoms. The molecule has 0 saturated heterocycles. The fourth-order valence-corrected chi connectivity index (χ4v) is 8.02. The molecule has 0 aliphatic heterocycles. The van der Waals surface area contributed by atoms with Gasteiger partial charge < -0.3 is 20.4 Å². The third-order valence-corrected chi connectivity index (χ3v) is 9.78. The molecule has 1 aliphatic rings. The lowest BCUT2D eigenvalue weighted by molar-refractivity contribution is 0.305. The van der Waals surface area contributed by atoms with Gasteiger partial charge in [-0.15, -0.1) is 0 Å². The predicted octanol–water partition coefficient (Wildman–Crippen LogP) is 5.56. The Hall–Kier alpha value is -4.37. The summed E-state index contributed by atoms with van der Waals surface area (Å²) < 4.78 is 27.8. The number of aromatic amines is 2. The smallest absolute Gasteiger partial charge is 0.196 e. The predicted molar refractivity (Wildman–Crippen MR) is 142 cm³/mol. The number of oxime groups is 2. The van der Waals surface area contributed by atoms with Crippen LogP contribution in [0.3, 0.4) is 0 Å². The Kier molecular flexibility index (Phi) is 5.38. The highest BCUT2D eigenvalue weighted by Crippen LogP contribution is 2.53. The van der Waals surface area contributed by atoms with E-state index < -0.39 is 20.5 Å². The molecule has 5 aromatic rings. The molecule has 4 N–H and O–H groups in total. The Bertz CT molecular complexity index is 1720. The van der Waals surface area contributed by atoms with Gasteiger partial charge in [-0.05, 0) is 60.0 Å². The van der Waals surface area contributed by atoms with E-state index in [2.05, 4.69) is 20.3 Å². The van der Waals surface area contributed by atoms with E-state index in [1.54, 1.807) is 24.3 Å². The van der Waals surface area contributed by atoms with Gasteiger partial charge in [-0.2, -0.15) is 0 Å². The van der Waals surface area contributed by atoms with Crippen molar-refractivity contribution in [2.45, 2.75) is 28.4 Å². The van der Waals surface area contributed by atoms with Crippen LogP contribution in [0.1, 0.15) is 30.1 Å². The molecule has 37 heavy (non-hydrogen) atoms. The zero-order valence-electron chi connectivity index (χ0n) is 19.7. The number of H-pyrrole nitrogens is 2. The van der Waals surface area contributed by atoms with Crippen molar-refractivity contribution in [3.63, 3.8) is 0 Å². The molecular weight excluding hydrogens is 488 g/mol. The van der Waals surface area contributed by atoms with Crippen LogP contribution in [0.5, 0.6) is 0 Å². The minimum Gasteiger partial charge on any atom is -0.411 e. The zero-order valence-corrected chi connectivity index (χ0v) is 20.5. The molecular formula is C28H24N4O4S. The Labute approximate surface area is 212 Å². The van der Waals surface area contributed by atoms with Crippen molar-refractivity contribution in [2.75, 3.05) is 0 Å². The standard InChI is InChI=1S/C28H24N4O4S/c33-31-24-15-14-21(25-16-18-8-4-6-12-22(18)29-25)28(27(24)32-34,37(35,36)20-10-2-1-3-11-20)26-17-19-9-5-7-13-23(19)30-26/h1-13,16-17,21,29-30,33-34H,14-15H2. The summed E-state index contributed by atoms with van der Waals surface area (Å²) in [4.78, 5) is 6.78. The molecule has 0 spiro atoms. The normalized spacial score (nSPS) is 22.8. The van der Waals surface area contributed by atoms with E-state index in [1.165, 1.54) is 12.1 Å². The fraction of sp³-hybridized carbons (Fsp3) is 0.143. The summed E-state index contributed by atoms with van der Waals surface area (Å²) in [5.74, 6) is -0.699. The average Bonchev–Trinajstić information content (AvgIpc) is 3.57. The number of benzene rings is 3. The third-order valence-electron chi connectivity index (χ3n) is 7.34. The van der Waals surface area contributed by atoms with E-state index in [9.17, 15) is 18.8 Å². The van der Waals surface area contributed by atoms with Crippen LogP contribution in [0.25, 0.3) is 21.8 Å².